The van der Waals surface area contributed by atoms with E-state index in [-0.39, 0.29) is 5.56 Å². The van der Waals surface area contributed by atoms with E-state index in [0.29, 0.717) is 11.2 Å². The molecule has 0 aliphatic rings. The quantitative estimate of drug-likeness (QED) is 0.404. The molecule has 0 radical (unpaired) electrons. The molecular formula is C14H9N5O5S. The number of benzene rings is 2. The molecule has 1 aromatic heterocycles. The molecule has 0 atom stereocenters. The van der Waals surface area contributed by atoms with Gasteiger partial charge in [-0.3, -0.25) is 25.7 Å². The highest BCUT2D eigenvalue weighted by Crippen LogP contribution is 2.33. The fourth-order valence-electron chi connectivity index (χ4n) is 2.05. The van der Waals surface area contributed by atoms with E-state index in [4.69, 9.17) is 0 Å². The van der Waals surface area contributed by atoms with Crippen molar-refractivity contribution in [3.05, 3.63) is 62.2 Å². The topological polar surface area (TPSA) is 144 Å². The number of nitro benzene ring substituents is 2. The monoisotopic (exact) mass is 359 g/mol. The number of aromatic nitrogens is 1. The van der Waals surface area contributed by atoms with E-state index in [0.717, 1.165) is 22.5 Å². The van der Waals surface area contributed by atoms with Crippen LogP contribution in [0.5, 0.6) is 5.75 Å². The predicted octanol–water partition coefficient (Wildman–Crippen LogP) is 3.26. The number of non-ortho nitro benzene ring substituents is 1. The number of hydrogen-bond donors (Lipinski definition) is 2. The lowest BCUT2D eigenvalue weighted by atomic mass is 10.1. The Balaban J connectivity index is 1.89. The molecule has 0 fully saturated rings. The van der Waals surface area contributed by atoms with E-state index in [2.05, 4.69) is 15.5 Å². The van der Waals surface area contributed by atoms with Crippen molar-refractivity contribution in [2.45, 2.75) is 0 Å². The van der Waals surface area contributed by atoms with Crippen molar-refractivity contribution in [1.29, 1.82) is 0 Å². The Labute approximate surface area is 143 Å². The molecule has 3 rings (SSSR count). The summed E-state index contributed by atoms with van der Waals surface area (Å²) in [6.45, 7) is 0. The minimum atomic E-state index is -0.902. The van der Waals surface area contributed by atoms with Gasteiger partial charge in [-0.25, -0.2) is 4.98 Å². The van der Waals surface area contributed by atoms with E-state index in [1.807, 2.05) is 24.3 Å². The smallest absolute Gasteiger partial charge is 0.318 e. The fourth-order valence-corrected chi connectivity index (χ4v) is 2.86. The Kier molecular flexibility index (Phi) is 4.22. The van der Waals surface area contributed by atoms with Crippen LogP contribution in [0.25, 0.3) is 10.2 Å². The molecule has 2 N–H and O–H groups in total. The van der Waals surface area contributed by atoms with E-state index < -0.39 is 27.0 Å². The molecule has 0 saturated carbocycles. The number of para-hydroxylation sites is 1. The molecule has 0 bridgehead atoms. The molecule has 2 aromatic carbocycles. The first-order valence-corrected chi connectivity index (χ1v) is 7.58. The van der Waals surface area contributed by atoms with Crippen LogP contribution in [-0.2, 0) is 0 Å². The van der Waals surface area contributed by atoms with Crippen LogP contribution in [0.15, 0.2) is 41.5 Å². The highest BCUT2D eigenvalue weighted by molar-refractivity contribution is 7.22. The summed E-state index contributed by atoms with van der Waals surface area (Å²) in [4.78, 5) is 24.3. The van der Waals surface area contributed by atoms with Crippen molar-refractivity contribution < 1.29 is 15.0 Å². The summed E-state index contributed by atoms with van der Waals surface area (Å²) in [5.41, 5.74) is 1.96. The first-order chi connectivity index (χ1) is 12.0. The molecule has 0 saturated heterocycles. The van der Waals surface area contributed by atoms with Gasteiger partial charge in [-0.2, -0.15) is 5.10 Å². The van der Waals surface area contributed by atoms with Gasteiger partial charge in [0.2, 0.25) is 10.9 Å². The van der Waals surface area contributed by atoms with Crippen LogP contribution in [0.3, 0.4) is 0 Å². The van der Waals surface area contributed by atoms with Crippen LogP contribution < -0.4 is 5.43 Å². The maximum Gasteiger partial charge on any atom is 0.318 e. The number of phenols is 1. The summed E-state index contributed by atoms with van der Waals surface area (Å²) < 4.78 is 0.939. The minimum Gasteiger partial charge on any atom is -0.502 e. The van der Waals surface area contributed by atoms with E-state index >= 15 is 0 Å². The molecule has 0 amide bonds. The van der Waals surface area contributed by atoms with Crippen molar-refractivity contribution in [2.75, 3.05) is 5.43 Å². The van der Waals surface area contributed by atoms with Gasteiger partial charge >= 0.3 is 5.69 Å². The number of nitro groups is 2. The normalized spacial score (nSPS) is 11.0. The third-order valence-corrected chi connectivity index (χ3v) is 4.11. The summed E-state index contributed by atoms with van der Waals surface area (Å²) in [5.74, 6) is -0.703. The molecule has 0 unspecified atom stereocenters. The van der Waals surface area contributed by atoms with Crippen LogP contribution in [0.1, 0.15) is 5.56 Å². The summed E-state index contributed by atoms with van der Waals surface area (Å²) >= 11 is 1.34. The Bertz CT molecular complexity index is 983. The first kappa shape index (κ1) is 16.3. The average molecular weight is 359 g/mol. The number of phenolic OH excluding ortho intramolecular Hbond substituents is 1. The van der Waals surface area contributed by atoms with Crippen molar-refractivity contribution >= 4 is 44.3 Å². The van der Waals surface area contributed by atoms with Crippen LogP contribution in [0.4, 0.5) is 16.5 Å². The van der Waals surface area contributed by atoms with Gasteiger partial charge in [0.25, 0.3) is 5.69 Å². The van der Waals surface area contributed by atoms with Gasteiger partial charge in [-0.05, 0) is 12.1 Å². The summed E-state index contributed by atoms with van der Waals surface area (Å²) in [5, 5.41) is 36.0. The second-order valence-electron chi connectivity index (χ2n) is 4.77. The third kappa shape index (κ3) is 3.35. The molecule has 0 spiro atoms. The zero-order chi connectivity index (χ0) is 18.0. The second-order valence-corrected chi connectivity index (χ2v) is 5.80. The van der Waals surface area contributed by atoms with E-state index in [1.54, 1.807) is 0 Å². The highest BCUT2D eigenvalue weighted by Gasteiger charge is 2.23. The third-order valence-electron chi connectivity index (χ3n) is 3.17. The van der Waals surface area contributed by atoms with Crippen LogP contribution in [0.2, 0.25) is 0 Å². The van der Waals surface area contributed by atoms with Crippen molar-refractivity contribution in [1.82, 2.24) is 4.98 Å². The number of nitrogens with zero attached hydrogens (tertiary/aromatic N) is 4. The summed E-state index contributed by atoms with van der Waals surface area (Å²) in [7, 11) is 0. The van der Waals surface area contributed by atoms with Gasteiger partial charge in [-0.1, -0.05) is 23.5 Å². The van der Waals surface area contributed by atoms with Crippen LogP contribution in [-0.4, -0.2) is 26.2 Å². The predicted molar refractivity (Wildman–Crippen MR) is 92.3 cm³/mol. The zero-order valence-corrected chi connectivity index (χ0v) is 13.1. The average Bonchev–Trinajstić information content (AvgIpc) is 2.98. The van der Waals surface area contributed by atoms with Crippen LogP contribution in [0, 0.1) is 20.2 Å². The van der Waals surface area contributed by atoms with Crippen molar-refractivity contribution in [3.8, 4) is 5.75 Å². The number of nitrogens with one attached hydrogen (secondary N) is 1. The Morgan fingerprint density at radius 2 is 1.96 bits per heavy atom. The van der Waals surface area contributed by atoms with Crippen LogP contribution >= 0.6 is 11.3 Å². The summed E-state index contributed by atoms with van der Waals surface area (Å²) in [6, 6.07) is 9.11. The van der Waals surface area contributed by atoms with Gasteiger partial charge in [0.15, 0.2) is 0 Å². The van der Waals surface area contributed by atoms with Gasteiger partial charge in [-0.15, -0.1) is 0 Å². The highest BCUT2D eigenvalue weighted by atomic mass is 32.1. The fraction of sp³-hybridized carbons (Fsp3) is 0. The molecule has 25 heavy (non-hydrogen) atoms. The number of hydrazone groups is 1. The molecule has 10 nitrogen and oxygen atoms in total. The van der Waals surface area contributed by atoms with Crippen molar-refractivity contribution in [2.24, 2.45) is 5.10 Å². The number of aromatic hydroxyl groups is 1. The van der Waals surface area contributed by atoms with E-state index in [9.17, 15) is 25.3 Å². The standard InChI is InChI=1S/C14H9N5O5S/c20-13-8(5-9(18(21)22)6-11(13)19(23)24)7-15-17-14-16-10-3-1-2-4-12(10)25-14/h1-7,20H,(H,16,17)/b15-7+. The molecule has 11 heteroatoms. The molecule has 3 aromatic rings. The largest absolute Gasteiger partial charge is 0.502 e. The molecule has 126 valence electrons. The second kappa shape index (κ2) is 6.49. The molecule has 0 aliphatic heterocycles. The number of thiazole rings is 1. The number of hydrogen-bond acceptors (Lipinski definition) is 9. The molecular weight excluding hydrogens is 350 g/mol. The number of anilines is 1. The maximum absolute atomic E-state index is 10.9. The molecule has 1 heterocycles. The van der Waals surface area contributed by atoms with Gasteiger partial charge in [0.05, 0.1) is 37.9 Å². The Morgan fingerprint density at radius 3 is 2.64 bits per heavy atom. The number of fused-ring (bicyclic) bond motifs is 1. The SMILES string of the molecule is O=[N+]([O-])c1cc(/C=N/Nc2nc3ccccc3s2)c(O)c([N+](=O)[O-])c1. The maximum atomic E-state index is 10.9. The van der Waals surface area contributed by atoms with Gasteiger partial charge in [0.1, 0.15) is 0 Å². The van der Waals surface area contributed by atoms with Crippen molar-refractivity contribution in [3.63, 3.8) is 0 Å². The lowest BCUT2D eigenvalue weighted by Gasteiger charge is -2.01. The molecule has 0 aliphatic carbocycles. The summed E-state index contributed by atoms with van der Waals surface area (Å²) in [6.07, 6.45) is 1.06. The Hall–Kier alpha value is -3.60. The van der Waals surface area contributed by atoms with Gasteiger partial charge in [0, 0.05) is 6.07 Å². The lowest BCUT2D eigenvalue weighted by Crippen LogP contribution is -1.97. The zero-order valence-electron chi connectivity index (χ0n) is 12.3. The minimum absolute atomic E-state index is 0.158. The first-order valence-electron chi connectivity index (χ1n) is 6.76. The lowest BCUT2D eigenvalue weighted by molar-refractivity contribution is -0.394. The van der Waals surface area contributed by atoms with E-state index in [1.165, 1.54) is 11.3 Å². The number of rotatable bonds is 5. The Morgan fingerprint density at radius 1 is 1.20 bits per heavy atom. The van der Waals surface area contributed by atoms with Gasteiger partial charge < -0.3 is 5.11 Å².